The van der Waals surface area contributed by atoms with Crippen molar-refractivity contribution in [3.05, 3.63) is 0 Å². The highest BCUT2D eigenvalue weighted by Crippen LogP contribution is 2.27. The summed E-state index contributed by atoms with van der Waals surface area (Å²) in [4.78, 5) is 2.62. The molecule has 0 aromatic heterocycles. The molecule has 0 aromatic rings. The van der Waals surface area contributed by atoms with Gasteiger partial charge in [0.15, 0.2) is 0 Å². The Morgan fingerprint density at radius 2 is 2.00 bits per heavy atom. The van der Waals surface area contributed by atoms with Crippen LogP contribution < -0.4 is 5.32 Å². The van der Waals surface area contributed by atoms with E-state index in [1.165, 1.54) is 32.2 Å². The van der Waals surface area contributed by atoms with Crippen LogP contribution in [0.25, 0.3) is 0 Å². The molecule has 3 nitrogen and oxygen atoms in total. The summed E-state index contributed by atoms with van der Waals surface area (Å²) in [5, 5.41) is 12.8. The molecule has 0 aromatic carbocycles. The molecule has 1 rings (SSSR count). The van der Waals surface area contributed by atoms with Crippen molar-refractivity contribution < 1.29 is 5.11 Å². The van der Waals surface area contributed by atoms with Crippen molar-refractivity contribution in [3.8, 4) is 0 Å². The Morgan fingerprint density at radius 3 is 2.47 bits per heavy atom. The molecule has 0 spiro atoms. The largest absolute Gasteiger partial charge is 0.395 e. The Balaban J connectivity index is 2.23. The van der Waals surface area contributed by atoms with Crippen molar-refractivity contribution in [1.29, 1.82) is 0 Å². The first-order valence-electron chi connectivity index (χ1n) is 7.28. The maximum atomic E-state index is 9.34. The van der Waals surface area contributed by atoms with E-state index >= 15 is 0 Å². The molecule has 0 aliphatic heterocycles. The van der Waals surface area contributed by atoms with Gasteiger partial charge < -0.3 is 15.3 Å². The van der Waals surface area contributed by atoms with Crippen LogP contribution in [0.3, 0.4) is 0 Å². The lowest BCUT2D eigenvalue weighted by Crippen LogP contribution is -2.40. The van der Waals surface area contributed by atoms with Crippen LogP contribution in [0.5, 0.6) is 0 Å². The maximum absolute atomic E-state index is 9.34. The number of nitrogens with one attached hydrogen (secondary N) is 1. The van der Waals surface area contributed by atoms with Crippen molar-refractivity contribution in [2.24, 2.45) is 0 Å². The van der Waals surface area contributed by atoms with E-state index in [2.05, 4.69) is 31.0 Å². The number of aliphatic hydroxyl groups excluding tert-OH is 1. The molecule has 102 valence electrons. The molecule has 0 amide bonds. The summed E-state index contributed by atoms with van der Waals surface area (Å²) in [6.45, 7) is 9.15. The molecule has 17 heavy (non-hydrogen) atoms. The number of unbranched alkanes of at least 4 members (excludes halogenated alkanes) is 1. The fourth-order valence-corrected chi connectivity index (χ4v) is 2.30. The first kappa shape index (κ1) is 14.9. The molecule has 0 bridgehead atoms. The van der Waals surface area contributed by atoms with E-state index < -0.39 is 0 Å². The van der Waals surface area contributed by atoms with Crippen LogP contribution in [-0.2, 0) is 0 Å². The minimum absolute atomic E-state index is 0.254. The molecule has 1 aliphatic carbocycles. The molecule has 1 fully saturated rings. The summed E-state index contributed by atoms with van der Waals surface area (Å²) < 4.78 is 0. The summed E-state index contributed by atoms with van der Waals surface area (Å²) in [5.41, 5.74) is 0. The van der Waals surface area contributed by atoms with Gasteiger partial charge in [-0.2, -0.15) is 0 Å². The van der Waals surface area contributed by atoms with Crippen molar-refractivity contribution in [1.82, 2.24) is 10.2 Å². The zero-order valence-electron chi connectivity index (χ0n) is 11.8. The zero-order chi connectivity index (χ0) is 12.7. The zero-order valence-corrected chi connectivity index (χ0v) is 11.8. The van der Waals surface area contributed by atoms with E-state index in [0.717, 1.165) is 19.0 Å². The average Bonchev–Trinajstić information content (AvgIpc) is 3.11. The normalized spacial score (nSPS) is 18.0. The van der Waals surface area contributed by atoms with Crippen LogP contribution in [0.15, 0.2) is 0 Å². The average molecular weight is 242 g/mol. The van der Waals surface area contributed by atoms with Gasteiger partial charge in [0.1, 0.15) is 0 Å². The van der Waals surface area contributed by atoms with E-state index in [-0.39, 0.29) is 12.6 Å². The summed E-state index contributed by atoms with van der Waals surface area (Å²) in [6, 6.07) is 1.56. The third-order valence-corrected chi connectivity index (χ3v) is 3.42. The smallest absolute Gasteiger partial charge is 0.0585 e. The van der Waals surface area contributed by atoms with Gasteiger partial charge in [0.2, 0.25) is 0 Å². The minimum atomic E-state index is 0.254. The third kappa shape index (κ3) is 6.39. The highest BCUT2D eigenvalue weighted by atomic mass is 16.3. The topological polar surface area (TPSA) is 35.5 Å². The van der Waals surface area contributed by atoms with Gasteiger partial charge in [0.25, 0.3) is 0 Å². The van der Waals surface area contributed by atoms with Crippen LogP contribution >= 0.6 is 0 Å². The van der Waals surface area contributed by atoms with Crippen LogP contribution in [0.2, 0.25) is 0 Å². The molecular weight excluding hydrogens is 212 g/mol. The number of hydrogen-bond acceptors (Lipinski definition) is 3. The van der Waals surface area contributed by atoms with Crippen LogP contribution in [-0.4, -0.2) is 47.8 Å². The lowest BCUT2D eigenvalue weighted by molar-refractivity contribution is 0.194. The maximum Gasteiger partial charge on any atom is 0.0585 e. The summed E-state index contributed by atoms with van der Waals surface area (Å²) in [6.07, 6.45) is 6.40. The monoisotopic (exact) mass is 242 g/mol. The summed E-state index contributed by atoms with van der Waals surface area (Å²) in [5.74, 6) is 0. The van der Waals surface area contributed by atoms with Crippen LogP contribution in [0.1, 0.15) is 52.9 Å². The second-order valence-electron chi connectivity index (χ2n) is 5.61. The number of aliphatic hydroxyl groups is 1. The van der Waals surface area contributed by atoms with Gasteiger partial charge in [0.05, 0.1) is 6.61 Å². The first-order valence-corrected chi connectivity index (χ1v) is 7.28. The molecule has 1 aliphatic rings. The fraction of sp³-hybridized carbons (Fsp3) is 1.00. The SMILES string of the molecule is CCCCN(CCC(CO)NC(C)C)C1CC1. The van der Waals surface area contributed by atoms with Gasteiger partial charge in [-0.25, -0.2) is 0 Å². The number of rotatable bonds is 10. The second kappa shape index (κ2) is 8.06. The van der Waals surface area contributed by atoms with Crippen LogP contribution in [0, 0.1) is 0 Å². The highest BCUT2D eigenvalue weighted by molar-refractivity contribution is 4.85. The standard InChI is InChI=1S/C14H30N2O/c1-4-5-9-16(14-6-7-14)10-8-13(11-17)15-12(2)3/h12-15,17H,4-11H2,1-3H3. The Morgan fingerprint density at radius 1 is 1.29 bits per heavy atom. The quantitative estimate of drug-likeness (QED) is 0.615. The van der Waals surface area contributed by atoms with E-state index in [0.29, 0.717) is 6.04 Å². The van der Waals surface area contributed by atoms with E-state index in [4.69, 9.17) is 0 Å². The molecule has 1 atom stereocenters. The Bertz CT molecular complexity index is 193. The Kier molecular flexibility index (Phi) is 7.09. The molecule has 0 radical (unpaired) electrons. The van der Waals surface area contributed by atoms with Gasteiger partial charge in [-0.15, -0.1) is 0 Å². The predicted molar refractivity (Wildman–Crippen MR) is 73.3 cm³/mol. The molecule has 3 heteroatoms. The van der Waals surface area contributed by atoms with Gasteiger partial charge in [-0.3, -0.25) is 0 Å². The van der Waals surface area contributed by atoms with Crippen molar-refractivity contribution >= 4 is 0 Å². The second-order valence-corrected chi connectivity index (χ2v) is 5.61. The summed E-state index contributed by atoms with van der Waals surface area (Å²) in [7, 11) is 0. The fourth-order valence-electron chi connectivity index (χ4n) is 2.30. The molecule has 0 saturated heterocycles. The van der Waals surface area contributed by atoms with Gasteiger partial charge in [0, 0.05) is 18.1 Å². The lowest BCUT2D eigenvalue weighted by atomic mass is 10.1. The Labute approximate surface area is 107 Å². The predicted octanol–water partition coefficient (Wildman–Crippen LogP) is 2.00. The van der Waals surface area contributed by atoms with E-state index in [1.54, 1.807) is 0 Å². The van der Waals surface area contributed by atoms with Gasteiger partial charge in [-0.1, -0.05) is 27.2 Å². The van der Waals surface area contributed by atoms with Crippen molar-refractivity contribution in [3.63, 3.8) is 0 Å². The highest BCUT2D eigenvalue weighted by Gasteiger charge is 2.28. The summed E-state index contributed by atoms with van der Waals surface area (Å²) >= 11 is 0. The molecule has 1 saturated carbocycles. The molecule has 1 unspecified atom stereocenters. The first-order chi connectivity index (χ1) is 8.17. The van der Waals surface area contributed by atoms with Gasteiger partial charge >= 0.3 is 0 Å². The van der Waals surface area contributed by atoms with Crippen molar-refractivity contribution in [2.75, 3.05) is 19.7 Å². The van der Waals surface area contributed by atoms with Crippen LogP contribution in [0.4, 0.5) is 0 Å². The third-order valence-electron chi connectivity index (χ3n) is 3.42. The minimum Gasteiger partial charge on any atom is -0.395 e. The number of nitrogens with zero attached hydrogens (tertiary/aromatic N) is 1. The molecule has 0 heterocycles. The van der Waals surface area contributed by atoms with E-state index in [1.807, 2.05) is 0 Å². The molecule has 2 N–H and O–H groups in total. The van der Waals surface area contributed by atoms with E-state index in [9.17, 15) is 5.11 Å². The van der Waals surface area contributed by atoms with Crippen molar-refractivity contribution in [2.45, 2.75) is 71.0 Å². The number of hydrogen-bond donors (Lipinski definition) is 2. The Hall–Kier alpha value is -0.120. The van der Waals surface area contributed by atoms with Gasteiger partial charge in [-0.05, 0) is 38.8 Å². The molecular formula is C14H30N2O. The lowest BCUT2D eigenvalue weighted by Gasteiger charge is -2.25.